The molecule has 1 amide bonds. The number of hydrogen-bond acceptors (Lipinski definition) is 5. The monoisotopic (exact) mass is 391 g/mol. The van der Waals surface area contributed by atoms with Crippen molar-refractivity contribution in [1.29, 1.82) is 0 Å². The van der Waals surface area contributed by atoms with Gasteiger partial charge in [-0.25, -0.2) is 0 Å². The summed E-state index contributed by atoms with van der Waals surface area (Å²) in [6.07, 6.45) is 0. The Morgan fingerprint density at radius 3 is 2.50 bits per heavy atom. The van der Waals surface area contributed by atoms with Crippen LogP contribution in [0.2, 0.25) is 10.0 Å². The first-order valence-electron chi connectivity index (χ1n) is 7.69. The number of hydrogen-bond donors (Lipinski definition) is 1. The summed E-state index contributed by atoms with van der Waals surface area (Å²) >= 11 is 12.1. The Labute approximate surface area is 160 Å². The molecular formula is C18H15Cl2N3O3. The van der Waals surface area contributed by atoms with Crippen LogP contribution in [0.25, 0.3) is 11.5 Å². The Kier molecular flexibility index (Phi) is 5.44. The summed E-state index contributed by atoms with van der Waals surface area (Å²) in [6.45, 7) is 2.04. The molecule has 0 saturated heterocycles. The molecule has 0 saturated carbocycles. The van der Waals surface area contributed by atoms with Gasteiger partial charge in [0.2, 0.25) is 11.8 Å². The predicted molar refractivity (Wildman–Crippen MR) is 98.7 cm³/mol. The molecule has 0 aliphatic heterocycles. The molecule has 3 aromatic rings. The molecule has 8 heteroatoms. The second-order valence-electron chi connectivity index (χ2n) is 5.49. The first-order valence-corrected chi connectivity index (χ1v) is 8.45. The lowest BCUT2D eigenvalue weighted by Gasteiger charge is -2.11. The van der Waals surface area contributed by atoms with Crippen molar-refractivity contribution in [3.8, 4) is 17.2 Å². The number of carbonyl (C=O) groups is 1. The number of benzene rings is 2. The summed E-state index contributed by atoms with van der Waals surface area (Å²) < 4.78 is 10.8. The van der Waals surface area contributed by atoms with Gasteiger partial charge in [0.1, 0.15) is 5.56 Å². The van der Waals surface area contributed by atoms with E-state index in [4.69, 9.17) is 32.4 Å². The second-order valence-corrected chi connectivity index (χ2v) is 6.30. The number of nitrogens with zero attached hydrogens (tertiary/aromatic N) is 2. The van der Waals surface area contributed by atoms with Crippen LogP contribution < -0.4 is 10.1 Å². The Morgan fingerprint density at radius 2 is 1.81 bits per heavy atom. The summed E-state index contributed by atoms with van der Waals surface area (Å²) in [5.41, 5.74) is 2.09. The normalized spacial score (nSPS) is 10.6. The lowest BCUT2D eigenvalue weighted by Crippen LogP contribution is -2.24. The van der Waals surface area contributed by atoms with E-state index in [2.05, 4.69) is 15.5 Å². The summed E-state index contributed by atoms with van der Waals surface area (Å²) in [4.78, 5) is 12.5. The fourth-order valence-electron chi connectivity index (χ4n) is 2.33. The molecule has 0 radical (unpaired) electrons. The van der Waals surface area contributed by atoms with Crippen LogP contribution in [0.4, 0.5) is 0 Å². The number of carbonyl (C=O) groups excluding carboxylic acids is 1. The molecule has 0 unspecified atom stereocenters. The lowest BCUT2D eigenvalue weighted by molar-refractivity contribution is 0.0944. The Bertz CT molecular complexity index is 939. The Hall–Kier alpha value is -2.57. The number of ether oxygens (including phenoxy) is 1. The minimum absolute atomic E-state index is 0.0453. The third-order valence-electron chi connectivity index (χ3n) is 3.66. The maximum Gasteiger partial charge on any atom is 0.257 e. The van der Waals surface area contributed by atoms with Gasteiger partial charge in [-0.15, -0.1) is 10.2 Å². The van der Waals surface area contributed by atoms with E-state index in [1.165, 1.54) is 13.2 Å². The molecule has 2 aromatic carbocycles. The van der Waals surface area contributed by atoms with Gasteiger partial charge in [0, 0.05) is 5.56 Å². The fraction of sp³-hybridized carbons (Fsp3) is 0.167. The maximum absolute atomic E-state index is 12.5. The van der Waals surface area contributed by atoms with Gasteiger partial charge in [0.15, 0.2) is 5.75 Å². The third-order valence-corrected chi connectivity index (χ3v) is 4.27. The molecule has 1 N–H and O–H groups in total. The van der Waals surface area contributed by atoms with Gasteiger partial charge < -0.3 is 14.5 Å². The van der Waals surface area contributed by atoms with E-state index < -0.39 is 5.91 Å². The summed E-state index contributed by atoms with van der Waals surface area (Å²) in [6, 6.07) is 10.8. The van der Waals surface area contributed by atoms with E-state index in [0.717, 1.165) is 11.1 Å². The van der Waals surface area contributed by atoms with Crippen LogP contribution in [0, 0.1) is 6.92 Å². The fourth-order valence-corrected chi connectivity index (χ4v) is 2.80. The molecule has 0 aliphatic carbocycles. The maximum atomic E-state index is 12.5. The zero-order valence-electron chi connectivity index (χ0n) is 14.0. The van der Waals surface area contributed by atoms with E-state index in [1.54, 1.807) is 6.07 Å². The van der Waals surface area contributed by atoms with Gasteiger partial charge in [-0.2, -0.15) is 0 Å². The van der Waals surface area contributed by atoms with E-state index in [1.807, 2.05) is 31.2 Å². The first kappa shape index (κ1) is 18.2. The lowest BCUT2D eigenvalue weighted by atomic mass is 10.1. The Morgan fingerprint density at radius 1 is 1.12 bits per heavy atom. The van der Waals surface area contributed by atoms with Crippen molar-refractivity contribution in [2.45, 2.75) is 13.5 Å². The average Bonchev–Trinajstić information content (AvgIpc) is 3.11. The zero-order valence-corrected chi connectivity index (χ0v) is 15.6. The molecule has 3 rings (SSSR count). The third kappa shape index (κ3) is 3.81. The van der Waals surface area contributed by atoms with Crippen LogP contribution in [0.1, 0.15) is 21.8 Å². The zero-order chi connectivity index (χ0) is 18.7. The number of aryl methyl sites for hydroxylation is 1. The number of methoxy groups -OCH3 is 1. The van der Waals surface area contributed by atoms with Crippen LogP contribution in [-0.2, 0) is 6.54 Å². The van der Waals surface area contributed by atoms with Crippen molar-refractivity contribution in [2.75, 3.05) is 7.11 Å². The minimum atomic E-state index is -0.454. The highest BCUT2D eigenvalue weighted by Gasteiger charge is 2.20. The molecule has 0 atom stereocenters. The number of amides is 1. The van der Waals surface area contributed by atoms with Gasteiger partial charge >= 0.3 is 0 Å². The Balaban J connectivity index is 1.73. The van der Waals surface area contributed by atoms with Gasteiger partial charge in [0.25, 0.3) is 5.91 Å². The molecule has 1 heterocycles. The number of nitrogens with one attached hydrogen (secondary N) is 1. The molecule has 0 aliphatic rings. The van der Waals surface area contributed by atoms with Gasteiger partial charge in [0.05, 0.1) is 23.7 Å². The summed E-state index contributed by atoms with van der Waals surface area (Å²) in [7, 11) is 1.42. The molecule has 134 valence electrons. The number of halogens is 2. The molecule has 26 heavy (non-hydrogen) atoms. The molecule has 0 spiro atoms. The van der Waals surface area contributed by atoms with Crippen molar-refractivity contribution < 1.29 is 13.9 Å². The molecule has 0 bridgehead atoms. The first-order chi connectivity index (χ1) is 12.5. The highest BCUT2D eigenvalue weighted by atomic mass is 35.5. The SMILES string of the molecule is COc1c(Cl)ccc(Cl)c1C(=O)NCc1nnc(-c2ccc(C)cc2)o1. The van der Waals surface area contributed by atoms with Crippen LogP contribution in [0.3, 0.4) is 0 Å². The van der Waals surface area contributed by atoms with Crippen molar-refractivity contribution in [2.24, 2.45) is 0 Å². The van der Waals surface area contributed by atoms with Crippen molar-refractivity contribution in [3.63, 3.8) is 0 Å². The number of aromatic nitrogens is 2. The summed E-state index contributed by atoms with van der Waals surface area (Å²) in [5.74, 6) is 0.408. The van der Waals surface area contributed by atoms with Crippen LogP contribution in [0.5, 0.6) is 5.75 Å². The van der Waals surface area contributed by atoms with Gasteiger partial charge in [-0.05, 0) is 31.2 Å². The van der Waals surface area contributed by atoms with Crippen LogP contribution in [-0.4, -0.2) is 23.2 Å². The quantitative estimate of drug-likeness (QED) is 0.701. The topological polar surface area (TPSA) is 77.2 Å². The molecular weight excluding hydrogens is 377 g/mol. The molecule has 6 nitrogen and oxygen atoms in total. The highest BCUT2D eigenvalue weighted by Crippen LogP contribution is 2.33. The van der Waals surface area contributed by atoms with Crippen molar-refractivity contribution >= 4 is 29.1 Å². The highest BCUT2D eigenvalue weighted by molar-refractivity contribution is 6.37. The van der Waals surface area contributed by atoms with Crippen molar-refractivity contribution in [1.82, 2.24) is 15.5 Å². The number of rotatable bonds is 5. The molecule has 0 fully saturated rings. The standard InChI is InChI=1S/C18H15Cl2N3O3/c1-10-3-5-11(6-4-10)18-23-22-14(26-18)9-21-17(24)15-12(19)7-8-13(20)16(15)25-2/h3-8H,9H2,1-2H3,(H,21,24). The smallest absolute Gasteiger partial charge is 0.257 e. The minimum Gasteiger partial charge on any atom is -0.494 e. The van der Waals surface area contributed by atoms with Crippen molar-refractivity contribution in [3.05, 3.63) is 63.5 Å². The van der Waals surface area contributed by atoms with Gasteiger partial charge in [-0.1, -0.05) is 40.9 Å². The average molecular weight is 392 g/mol. The van der Waals surface area contributed by atoms with Crippen LogP contribution >= 0.6 is 23.2 Å². The van der Waals surface area contributed by atoms with E-state index in [9.17, 15) is 4.79 Å². The van der Waals surface area contributed by atoms with E-state index in [-0.39, 0.29) is 28.8 Å². The largest absolute Gasteiger partial charge is 0.494 e. The van der Waals surface area contributed by atoms with E-state index >= 15 is 0 Å². The van der Waals surface area contributed by atoms with Gasteiger partial charge in [-0.3, -0.25) is 4.79 Å². The summed E-state index contributed by atoms with van der Waals surface area (Å²) in [5, 5.41) is 11.1. The van der Waals surface area contributed by atoms with E-state index in [0.29, 0.717) is 10.9 Å². The molecule has 1 aromatic heterocycles. The van der Waals surface area contributed by atoms with Crippen LogP contribution in [0.15, 0.2) is 40.8 Å². The predicted octanol–water partition coefficient (Wildman–Crippen LogP) is 4.29. The second kappa shape index (κ2) is 7.76.